The third-order valence-electron chi connectivity index (χ3n) is 3.51. The van der Waals surface area contributed by atoms with E-state index < -0.39 is 0 Å². The van der Waals surface area contributed by atoms with E-state index in [-0.39, 0.29) is 12.1 Å². The number of piperidine rings is 1. The molecule has 0 bridgehead atoms. The van der Waals surface area contributed by atoms with Crippen LogP contribution in [0.5, 0.6) is 0 Å². The van der Waals surface area contributed by atoms with Gasteiger partial charge in [0.2, 0.25) is 0 Å². The van der Waals surface area contributed by atoms with Gasteiger partial charge < -0.3 is 9.64 Å². The lowest BCUT2D eigenvalue weighted by Crippen LogP contribution is -2.43. The zero-order valence-electron chi connectivity index (χ0n) is 11.3. The molecule has 1 heterocycles. The van der Waals surface area contributed by atoms with Gasteiger partial charge in [-0.3, -0.25) is 0 Å². The van der Waals surface area contributed by atoms with Crippen LogP contribution in [-0.4, -0.2) is 23.6 Å². The summed E-state index contributed by atoms with van der Waals surface area (Å²) in [5.74, 6) is 0. The summed E-state index contributed by atoms with van der Waals surface area (Å²) in [6.45, 7) is 4.91. The zero-order valence-corrected chi connectivity index (χ0v) is 11.3. The maximum atomic E-state index is 12.1. The minimum atomic E-state index is -0.199. The van der Waals surface area contributed by atoms with Crippen LogP contribution in [0.2, 0.25) is 0 Å². The maximum absolute atomic E-state index is 12.1. The topological polar surface area (TPSA) is 29.5 Å². The fourth-order valence-corrected chi connectivity index (χ4v) is 2.48. The summed E-state index contributed by atoms with van der Waals surface area (Å²) in [5, 5.41) is 0. The van der Waals surface area contributed by atoms with Crippen molar-refractivity contribution in [3.63, 3.8) is 0 Å². The van der Waals surface area contributed by atoms with E-state index in [1.165, 1.54) is 6.42 Å². The van der Waals surface area contributed by atoms with E-state index >= 15 is 0 Å². The van der Waals surface area contributed by atoms with Gasteiger partial charge in [-0.2, -0.15) is 0 Å². The number of carbonyl (C=O) groups excluding carboxylic acids is 1. The van der Waals surface area contributed by atoms with Crippen LogP contribution in [0.4, 0.5) is 4.79 Å². The van der Waals surface area contributed by atoms with Gasteiger partial charge in [0.25, 0.3) is 0 Å². The Balaban J connectivity index is 1.89. The monoisotopic (exact) mass is 259 g/mol. The van der Waals surface area contributed by atoms with E-state index in [4.69, 9.17) is 4.74 Å². The third kappa shape index (κ3) is 3.85. The molecule has 0 spiro atoms. The van der Waals surface area contributed by atoms with E-state index in [1.54, 1.807) is 0 Å². The molecule has 0 aromatic heterocycles. The lowest BCUT2D eigenvalue weighted by atomic mass is 10.00. The predicted molar refractivity (Wildman–Crippen MR) is 75.8 cm³/mol. The number of likely N-dealkylation sites (tertiary alicyclic amines) is 1. The van der Waals surface area contributed by atoms with E-state index in [0.717, 1.165) is 31.4 Å². The fourth-order valence-electron chi connectivity index (χ4n) is 2.48. The van der Waals surface area contributed by atoms with Crippen molar-refractivity contribution in [2.24, 2.45) is 0 Å². The molecule has 0 N–H and O–H groups in total. The normalized spacial score (nSPS) is 18.9. The van der Waals surface area contributed by atoms with Gasteiger partial charge in [-0.15, -0.1) is 6.58 Å². The Hall–Kier alpha value is -1.77. The van der Waals surface area contributed by atoms with Crippen molar-refractivity contribution in [3.05, 3.63) is 48.6 Å². The Kier molecular flexibility index (Phi) is 5.01. The first kappa shape index (κ1) is 13.7. The van der Waals surface area contributed by atoms with E-state index in [0.29, 0.717) is 6.61 Å². The minimum Gasteiger partial charge on any atom is -0.445 e. The van der Waals surface area contributed by atoms with Crippen molar-refractivity contribution in [1.82, 2.24) is 4.90 Å². The van der Waals surface area contributed by atoms with Crippen molar-refractivity contribution >= 4 is 6.09 Å². The smallest absolute Gasteiger partial charge is 0.410 e. The van der Waals surface area contributed by atoms with E-state index in [1.807, 2.05) is 41.3 Å². The summed E-state index contributed by atoms with van der Waals surface area (Å²) >= 11 is 0. The van der Waals surface area contributed by atoms with Crippen molar-refractivity contribution < 1.29 is 9.53 Å². The highest BCUT2D eigenvalue weighted by atomic mass is 16.6. The second kappa shape index (κ2) is 6.98. The Bertz CT molecular complexity index is 416. The van der Waals surface area contributed by atoms with Crippen LogP contribution in [0.25, 0.3) is 0 Å². The van der Waals surface area contributed by atoms with Crippen molar-refractivity contribution in [1.29, 1.82) is 0 Å². The molecule has 1 amide bonds. The predicted octanol–water partition coefficient (Wildman–Crippen LogP) is 3.75. The number of benzene rings is 1. The second-order valence-corrected chi connectivity index (χ2v) is 4.91. The molecular weight excluding hydrogens is 238 g/mol. The van der Waals surface area contributed by atoms with Crippen LogP contribution in [0, 0.1) is 0 Å². The Morgan fingerprint density at radius 3 is 2.89 bits per heavy atom. The average Bonchev–Trinajstić information content (AvgIpc) is 2.47. The number of rotatable bonds is 4. The molecule has 1 aromatic carbocycles. The number of amides is 1. The van der Waals surface area contributed by atoms with Crippen molar-refractivity contribution in [2.75, 3.05) is 6.54 Å². The molecule has 1 aliphatic rings. The van der Waals surface area contributed by atoms with Gasteiger partial charge in [0.1, 0.15) is 6.61 Å². The van der Waals surface area contributed by atoms with Crippen molar-refractivity contribution in [2.45, 2.75) is 38.3 Å². The summed E-state index contributed by atoms with van der Waals surface area (Å²) in [4.78, 5) is 14.0. The largest absolute Gasteiger partial charge is 0.445 e. The number of hydrogen-bond acceptors (Lipinski definition) is 2. The Morgan fingerprint density at radius 1 is 1.37 bits per heavy atom. The highest BCUT2D eigenvalue weighted by molar-refractivity contribution is 5.68. The van der Waals surface area contributed by atoms with Crippen LogP contribution in [0.1, 0.15) is 31.2 Å². The molecule has 19 heavy (non-hydrogen) atoms. The maximum Gasteiger partial charge on any atom is 0.410 e. The third-order valence-corrected chi connectivity index (χ3v) is 3.51. The van der Waals surface area contributed by atoms with Gasteiger partial charge in [0, 0.05) is 12.6 Å². The van der Waals surface area contributed by atoms with Crippen LogP contribution in [0.3, 0.4) is 0 Å². The van der Waals surface area contributed by atoms with E-state index in [2.05, 4.69) is 6.58 Å². The first-order chi connectivity index (χ1) is 9.31. The molecule has 1 atom stereocenters. The van der Waals surface area contributed by atoms with Crippen LogP contribution in [-0.2, 0) is 11.3 Å². The standard InChI is InChI=1S/C16H21NO2/c1-2-8-15-11-6-7-12-17(15)16(18)19-13-14-9-4-3-5-10-14/h2-5,9-10,15H,1,6-8,11-13H2/t15-/m1/s1. The summed E-state index contributed by atoms with van der Waals surface area (Å²) in [6, 6.07) is 10.0. The number of ether oxygens (including phenoxy) is 1. The SMILES string of the molecule is C=CC[C@@H]1CCCCN1C(=O)OCc1ccccc1. The summed E-state index contributed by atoms with van der Waals surface area (Å²) in [7, 11) is 0. The summed E-state index contributed by atoms with van der Waals surface area (Å²) in [5.41, 5.74) is 1.02. The Morgan fingerprint density at radius 2 is 2.16 bits per heavy atom. The molecular formula is C16H21NO2. The molecule has 0 aliphatic carbocycles. The molecule has 102 valence electrons. The van der Waals surface area contributed by atoms with Crippen LogP contribution < -0.4 is 0 Å². The molecule has 2 rings (SSSR count). The molecule has 0 radical (unpaired) electrons. The molecule has 3 heteroatoms. The zero-order chi connectivity index (χ0) is 13.5. The van der Waals surface area contributed by atoms with Gasteiger partial charge in [-0.25, -0.2) is 4.79 Å². The summed E-state index contributed by atoms with van der Waals surface area (Å²) < 4.78 is 5.40. The van der Waals surface area contributed by atoms with Gasteiger partial charge >= 0.3 is 6.09 Å². The van der Waals surface area contributed by atoms with Crippen LogP contribution in [0.15, 0.2) is 43.0 Å². The number of carbonyl (C=O) groups is 1. The molecule has 1 saturated heterocycles. The second-order valence-electron chi connectivity index (χ2n) is 4.91. The molecule has 3 nitrogen and oxygen atoms in total. The van der Waals surface area contributed by atoms with Crippen LogP contribution >= 0.6 is 0 Å². The van der Waals surface area contributed by atoms with Crippen molar-refractivity contribution in [3.8, 4) is 0 Å². The fraction of sp³-hybridized carbons (Fsp3) is 0.438. The molecule has 0 saturated carbocycles. The number of nitrogens with zero attached hydrogens (tertiary/aromatic N) is 1. The molecule has 1 fully saturated rings. The quantitative estimate of drug-likeness (QED) is 0.771. The van der Waals surface area contributed by atoms with Gasteiger partial charge in [0.15, 0.2) is 0 Å². The van der Waals surface area contributed by atoms with Gasteiger partial charge in [-0.1, -0.05) is 36.4 Å². The number of hydrogen-bond donors (Lipinski definition) is 0. The molecule has 0 unspecified atom stereocenters. The molecule has 1 aliphatic heterocycles. The average molecular weight is 259 g/mol. The Labute approximate surface area is 114 Å². The van der Waals surface area contributed by atoms with E-state index in [9.17, 15) is 4.79 Å². The highest BCUT2D eigenvalue weighted by Gasteiger charge is 2.26. The molecule has 1 aromatic rings. The van der Waals surface area contributed by atoms with Gasteiger partial charge in [0.05, 0.1) is 0 Å². The summed E-state index contributed by atoms with van der Waals surface area (Å²) in [6.07, 6.45) is 5.82. The highest BCUT2D eigenvalue weighted by Crippen LogP contribution is 2.21. The lowest BCUT2D eigenvalue weighted by Gasteiger charge is -2.34. The first-order valence-electron chi connectivity index (χ1n) is 6.89. The minimum absolute atomic E-state index is 0.199. The van der Waals surface area contributed by atoms with Gasteiger partial charge in [-0.05, 0) is 31.2 Å². The first-order valence-corrected chi connectivity index (χ1v) is 6.89. The lowest BCUT2D eigenvalue weighted by molar-refractivity contribution is 0.0688.